The van der Waals surface area contributed by atoms with Crippen LogP contribution in [0, 0.1) is 29.1 Å². The number of carbonyl (C=O) groups excluding carboxylic acids is 2. The van der Waals surface area contributed by atoms with Crippen LogP contribution >= 0.6 is 0 Å². The lowest BCUT2D eigenvalue weighted by molar-refractivity contribution is -0.231. The smallest absolute Gasteiger partial charge is 0.303 e. The molecule has 4 N–H and O–H groups in total. The lowest BCUT2D eigenvalue weighted by atomic mass is 9.58. The van der Waals surface area contributed by atoms with E-state index in [0.29, 0.717) is 5.57 Å². The predicted molar refractivity (Wildman–Crippen MR) is 102 cm³/mol. The second kappa shape index (κ2) is 5.35. The summed E-state index contributed by atoms with van der Waals surface area (Å²) in [4.78, 5) is 24.9. The summed E-state index contributed by atoms with van der Waals surface area (Å²) in [5.41, 5.74) is -6.52. The summed E-state index contributed by atoms with van der Waals surface area (Å²) in [5.74, 6) is -3.97. The largest absolute Gasteiger partial charge is 0.459 e. The first kappa shape index (κ1) is 20.6. The maximum absolute atomic E-state index is 13.0. The first-order valence-corrected chi connectivity index (χ1v) is 10.6. The topological polar surface area (TPSA) is 137 Å². The van der Waals surface area contributed by atoms with Gasteiger partial charge in [-0.15, -0.1) is 0 Å². The highest BCUT2D eigenvalue weighted by molar-refractivity contribution is 6.04. The lowest BCUT2D eigenvalue weighted by Gasteiger charge is -2.53. The molecule has 4 aliphatic carbocycles. The van der Waals surface area contributed by atoms with Crippen LogP contribution in [0.15, 0.2) is 11.6 Å². The Morgan fingerprint density at radius 1 is 1.30 bits per heavy atom. The van der Waals surface area contributed by atoms with Crippen LogP contribution in [0.25, 0.3) is 0 Å². The van der Waals surface area contributed by atoms with Crippen molar-refractivity contribution in [2.45, 2.75) is 75.7 Å². The molecule has 10 atom stereocenters. The normalized spacial score (nSPS) is 57.2. The van der Waals surface area contributed by atoms with Crippen molar-refractivity contribution in [3.8, 4) is 0 Å². The van der Waals surface area contributed by atoms with Crippen molar-refractivity contribution in [3.05, 3.63) is 11.6 Å². The van der Waals surface area contributed by atoms with Crippen LogP contribution in [-0.4, -0.2) is 73.4 Å². The van der Waals surface area contributed by atoms with E-state index >= 15 is 0 Å². The third-order valence-corrected chi connectivity index (χ3v) is 9.17. The van der Waals surface area contributed by atoms with Gasteiger partial charge in [-0.2, -0.15) is 0 Å². The molecule has 0 aromatic carbocycles. The van der Waals surface area contributed by atoms with Crippen LogP contribution in [0.1, 0.15) is 41.0 Å². The van der Waals surface area contributed by atoms with Gasteiger partial charge in [0.2, 0.25) is 0 Å². The maximum atomic E-state index is 13.0. The third kappa shape index (κ3) is 1.92. The zero-order valence-electron chi connectivity index (χ0n) is 17.9. The number of Topliss-reactive ketones (excluding diaryl/α,β-unsaturated/α-hetero) is 1. The fourth-order valence-electron chi connectivity index (χ4n) is 7.61. The Balaban J connectivity index is 1.73. The molecule has 0 unspecified atom stereocenters. The monoisotopic (exact) mass is 422 g/mol. The second-order valence-electron chi connectivity index (χ2n) is 10.8. The molecule has 0 aromatic rings. The van der Waals surface area contributed by atoms with Gasteiger partial charge in [-0.25, -0.2) is 0 Å². The first-order valence-electron chi connectivity index (χ1n) is 10.6. The van der Waals surface area contributed by atoms with E-state index in [9.17, 15) is 30.0 Å². The highest BCUT2D eigenvalue weighted by atomic mass is 16.6. The van der Waals surface area contributed by atoms with E-state index in [1.165, 1.54) is 6.92 Å². The minimum Gasteiger partial charge on any atom is -0.459 e. The summed E-state index contributed by atoms with van der Waals surface area (Å²) >= 11 is 0. The molecule has 166 valence electrons. The molecule has 0 spiro atoms. The number of epoxide rings is 1. The molecular weight excluding hydrogens is 392 g/mol. The van der Waals surface area contributed by atoms with Gasteiger partial charge in [0.15, 0.2) is 5.78 Å². The summed E-state index contributed by atoms with van der Waals surface area (Å²) in [6, 6.07) is 0. The molecular formula is C22H30O8. The zero-order valence-corrected chi connectivity index (χ0v) is 17.9. The third-order valence-electron chi connectivity index (χ3n) is 9.17. The van der Waals surface area contributed by atoms with Crippen molar-refractivity contribution < 1.29 is 39.5 Å². The number of rotatable bonds is 2. The Bertz CT molecular complexity index is 896. The summed E-state index contributed by atoms with van der Waals surface area (Å²) in [7, 11) is 0. The van der Waals surface area contributed by atoms with Crippen LogP contribution in [0.5, 0.6) is 0 Å². The van der Waals surface area contributed by atoms with Gasteiger partial charge in [0, 0.05) is 42.4 Å². The Morgan fingerprint density at radius 3 is 2.50 bits per heavy atom. The lowest BCUT2D eigenvalue weighted by Crippen LogP contribution is -2.66. The fourth-order valence-corrected chi connectivity index (χ4v) is 7.61. The van der Waals surface area contributed by atoms with Crippen molar-refractivity contribution in [1.29, 1.82) is 0 Å². The van der Waals surface area contributed by atoms with Crippen molar-refractivity contribution in [1.82, 2.24) is 0 Å². The SMILES string of the molecule is CC(=O)O[C@@H]1[C@@H](C)[C@@]2(O)[C@H]([C@@H]3C(C)(C)[C@]13O)[C@@H]1O[C@]1(CO)C[C@]1(O)C(=O)C(C)=C[C@@H]21. The number of esters is 1. The van der Waals surface area contributed by atoms with Crippen molar-refractivity contribution in [2.24, 2.45) is 29.1 Å². The molecule has 5 aliphatic rings. The van der Waals surface area contributed by atoms with Crippen LogP contribution < -0.4 is 0 Å². The summed E-state index contributed by atoms with van der Waals surface area (Å²) in [6.45, 7) is 7.84. The first-order chi connectivity index (χ1) is 13.7. The molecule has 8 nitrogen and oxygen atoms in total. The second-order valence-corrected chi connectivity index (χ2v) is 10.8. The van der Waals surface area contributed by atoms with Crippen LogP contribution in [0.3, 0.4) is 0 Å². The Kier molecular flexibility index (Phi) is 3.67. The van der Waals surface area contributed by atoms with E-state index in [1.807, 2.05) is 13.8 Å². The van der Waals surface area contributed by atoms with Gasteiger partial charge < -0.3 is 29.9 Å². The van der Waals surface area contributed by atoms with Gasteiger partial charge in [0.1, 0.15) is 22.9 Å². The van der Waals surface area contributed by atoms with Gasteiger partial charge >= 0.3 is 5.97 Å². The molecule has 1 heterocycles. The number of carbonyl (C=O) groups is 2. The molecule has 8 heteroatoms. The predicted octanol–water partition coefficient (Wildman–Crippen LogP) is -0.288. The number of fused-ring (bicyclic) bond motifs is 7. The molecule has 5 rings (SSSR count). The van der Waals surface area contributed by atoms with E-state index in [1.54, 1.807) is 19.9 Å². The van der Waals surface area contributed by atoms with Gasteiger partial charge in [0.05, 0.1) is 18.3 Å². The molecule has 1 saturated heterocycles. The molecule has 1 aliphatic heterocycles. The molecule has 0 radical (unpaired) electrons. The number of ether oxygens (including phenoxy) is 2. The van der Waals surface area contributed by atoms with Crippen LogP contribution in [-0.2, 0) is 19.1 Å². The minimum absolute atomic E-state index is 0.131. The molecule has 3 saturated carbocycles. The van der Waals surface area contributed by atoms with E-state index in [4.69, 9.17) is 9.47 Å². The van der Waals surface area contributed by atoms with E-state index in [2.05, 4.69) is 0 Å². The molecule has 30 heavy (non-hydrogen) atoms. The van der Waals surface area contributed by atoms with Crippen molar-refractivity contribution in [2.75, 3.05) is 6.61 Å². The van der Waals surface area contributed by atoms with Gasteiger partial charge in [0.25, 0.3) is 0 Å². The Morgan fingerprint density at radius 2 is 1.93 bits per heavy atom. The summed E-state index contributed by atoms with van der Waals surface area (Å²) in [5, 5.41) is 45.7. The van der Waals surface area contributed by atoms with Gasteiger partial charge in [-0.1, -0.05) is 26.8 Å². The average Bonchev–Trinajstić information content (AvgIpc) is 3.45. The number of hydrogen-bond acceptors (Lipinski definition) is 8. The summed E-state index contributed by atoms with van der Waals surface area (Å²) < 4.78 is 11.5. The number of ketones is 1. The van der Waals surface area contributed by atoms with Crippen LogP contribution in [0.4, 0.5) is 0 Å². The number of hydrogen-bond donors (Lipinski definition) is 4. The highest BCUT2D eigenvalue weighted by Crippen LogP contribution is 2.78. The molecule has 4 fully saturated rings. The molecule has 0 bridgehead atoms. The van der Waals surface area contributed by atoms with Gasteiger partial charge in [-0.3, -0.25) is 9.59 Å². The fraction of sp³-hybridized carbons (Fsp3) is 0.818. The van der Waals surface area contributed by atoms with Crippen LogP contribution in [0.2, 0.25) is 0 Å². The van der Waals surface area contributed by atoms with Crippen molar-refractivity contribution in [3.63, 3.8) is 0 Å². The Hall–Kier alpha value is -1.32. The molecule has 0 aromatic heterocycles. The Labute approximate surface area is 174 Å². The van der Waals surface area contributed by atoms with E-state index in [-0.39, 0.29) is 6.42 Å². The zero-order chi connectivity index (χ0) is 22.2. The quantitative estimate of drug-likeness (QED) is 0.352. The maximum Gasteiger partial charge on any atom is 0.303 e. The minimum atomic E-state index is -1.94. The summed E-state index contributed by atoms with van der Waals surface area (Å²) in [6.07, 6.45) is -0.159. The number of aliphatic hydroxyl groups is 4. The average molecular weight is 422 g/mol. The van der Waals surface area contributed by atoms with E-state index in [0.717, 1.165) is 0 Å². The number of aliphatic hydroxyl groups excluding tert-OH is 1. The van der Waals surface area contributed by atoms with Crippen molar-refractivity contribution >= 4 is 11.8 Å². The molecule has 0 amide bonds. The van der Waals surface area contributed by atoms with Gasteiger partial charge in [-0.05, 0) is 12.5 Å². The standard InChI is InChI=1S/C22H30O8/c1-9-6-12-20(26,15(9)25)7-19(8-23)17(30-19)13-14-18(4,5)22(14,28)16(29-11(3)24)10(2)21(12,13)27/h6,10,12-14,16-17,23,26-28H,7-8H2,1-5H3/t10-,12-,13-,14-,16-,17+,19+,20-,21+,22-/m1/s1. The van der Waals surface area contributed by atoms with E-state index < -0.39 is 82.1 Å². The highest BCUT2D eigenvalue weighted by Gasteiger charge is 2.90.